The third kappa shape index (κ3) is 4.24. The van der Waals surface area contributed by atoms with Crippen LogP contribution in [0.15, 0.2) is 30.5 Å². The minimum Gasteiger partial charge on any atom is -0.341 e. The SMILES string of the molecule is Cc1[nH]ncc1CNC(CN1CCCC1=O)c1cccc(C(F)(F)F)c1. The van der Waals surface area contributed by atoms with Crippen LogP contribution in [0.2, 0.25) is 0 Å². The summed E-state index contributed by atoms with van der Waals surface area (Å²) in [5.41, 5.74) is 1.67. The first-order chi connectivity index (χ1) is 12.3. The van der Waals surface area contributed by atoms with E-state index in [-0.39, 0.29) is 5.91 Å². The van der Waals surface area contributed by atoms with E-state index in [0.29, 0.717) is 31.6 Å². The Labute approximate surface area is 149 Å². The van der Waals surface area contributed by atoms with Gasteiger partial charge in [-0.3, -0.25) is 9.89 Å². The molecule has 0 bridgehead atoms. The fourth-order valence-electron chi connectivity index (χ4n) is 3.12. The Morgan fingerprint density at radius 1 is 1.38 bits per heavy atom. The zero-order chi connectivity index (χ0) is 18.7. The molecular weight excluding hydrogens is 345 g/mol. The van der Waals surface area contributed by atoms with Crippen molar-refractivity contribution in [3.05, 3.63) is 52.8 Å². The van der Waals surface area contributed by atoms with Gasteiger partial charge in [0.05, 0.1) is 17.8 Å². The molecule has 5 nitrogen and oxygen atoms in total. The molecule has 1 amide bonds. The number of hydrogen-bond acceptors (Lipinski definition) is 3. The van der Waals surface area contributed by atoms with Crippen molar-refractivity contribution in [2.75, 3.05) is 13.1 Å². The van der Waals surface area contributed by atoms with Crippen LogP contribution in [-0.2, 0) is 17.5 Å². The van der Waals surface area contributed by atoms with Gasteiger partial charge in [-0.1, -0.05) is 12.1 Å². The quantitative estimate of drug-likeness (QED) is 0.825. The van der Waals surface area contributed by atoms with Crippen molar-refractivity contribution >= 4 is 5.91 Å². The van der Waals surface area contributed by atoms with Crippen LogP contribution >= 0.6 is 0 Å². The summed E-state index contributed by atoms with van der Waals surface area (Å²) >= 11 is 0. The zero-order valence-corrected chi connectivity index (χ0v) is 14.4. The molecule has 26 heavy (non-hydrogen) atoms. The normalized spacial score (nSPS) is 16.3. The Morgan fingerprint density at radius 3 is 2.81 bits per heavy atom. The van der Waals surface area contributed by atoms with Gasteiger partial charge in [-0.15, -0.1) is 0 Å². The van der Waals surface area contributed by atoms with Crippen LogP contribution in [0, 0.1) is 6.92 Å². The number of H-pyrrole nitrogens is 1. The van der Waals surface area contributed by atoms with Gasteiger partial charge in [0, 0.05) is 37.3 Å². The second kappa shape index (κ2) is 7.49. The molecule has 1 unspecified atom stereocenters. The lowest BCUT2D eigenvalue weighted by atomic mass is 10.0. The van der Waals surface area contributed by atoms with Crippen molar-refractivity contribution in [2.45, 2.75) is 38.5 Å². The lowest BCUT2D eigenvalue weighted by molar-refractivity contribution is -0.137. The van der Waals surface area contributed by atoms with Crippen molar-refractivity contribution in [3.63, 3.8) is 0 Å². The molecule has 2 aromatic rings. The number of likely N-dealkylation sites (tertiary alicyclic amines) is 1. The van der Waals surface area contributed by atoms with Gasteiger partial charge in [-0.25, -0.2) is 0 Å². The maximum Gasteiger partial charge on any atom is 0.416 e. The number of aromatic nitrogens is 2. The molecule has 1 aromatic carbocycles. The number of amides is 1. The molecule has 0 spiro atoms. The number of nitrogens with one attached hydrogen (secondary N) is 2. The van der Waals surface area contributed by atoms with E-state index in [9.17, 15) is 18.0 Å². The first-order valence-electron chi connectivity index (χ1n) is 8.52. The molecule has 1 aromatic heterocycles. The van der Waals surface area contributed by atoms with E-state index in [1.807, 2.05) is 6.92 Å². The van der Waals surface area contributed by atoms with Crippen molar-refractivity contribution < 1.29 is 18.0 Å². The molecule has 8 heteroatoms. The number of alkyl halides is 3. The van der Waals surface area contributed by atoms with Crippen LogP contribution < -0.4 is 5.32 Å². The molecule has 3 rings (SSSR count). The van der Waals surface area contributed by atoms with E-state index in [1.54, 1.807) is 17.2 Å². The number of aromatic amines is 1. The topological polar surface area (TPSA) is 61.0 Å². The maximum atomic E-state index is 13.1. The van der Waals surface area contributed by atoms with Crippen molar-refractivity contribution in [3.8, 4) is 0 Å². The smallest absolute Gasteiger partial charge is 0.341 e. The van der Waals surface area contributed by atoms with E-state index in [1.165, 1.54) is 6.07 Å². The van der Waals surface area contributed by atoms with Gasteiger partial charge in [0.1, 0.15) is 0 Å². The number of nitrogens with zero attached hydrogens (tertiary/aromatic N) is 2. The molecule has 1 fully saturated rings. The lowest BCUT2D eigenvalue weighted by Gasteiger charge is -2.26. The first kappa shape index (κ1) is 18.4. The molecular formula is C18H21F3N4O. The molecule has 0 aliphatic carbocycles. The fraction of sp³-hybridized carbons (Fsp3) is 0.444. The number of hydrogen-bond donors (Lipinski definition) is 2. The first-order valence-corrected chi connectivity index (χ1v) is 8.52. The molecule has 1 atom stereocenters. The Kier molecular flexibility index (Phi) is 5.31. The minimum atomic E-state index is -4.40. The van der Waals surface area contributed by atoms with Gasteiger partial charge in [0.2, 0.25) is 5.91 Å². The van der Waals surface area contributed by atoms with Crippen molar-refractivity contribution in [1.29, 1.82) is 0 Å². The fourth-order valence-corrected chi connectivity index (χ4v) is 3.12. The monoisotopic (exact) mass is 366 g/mol. The van der Waals surface area contributed by atoms with Crippen molar-refractivity contribution in [2.24, 2.45) is 0 Å². The number of benzene rings is 1. The summed E-state index contributed by atoms with van der Waals surface area (Å²) in [5, 5.41) is 10.1. The van der Waals surface area contributed by atoms with E-state index < -0.39 is 17.8 Å². The highest BCUT2D eigenvalue weighted by Gasteiger charge is 2.31. The van der Waals surface area contributed by atoms with E-state index in [0.717, 1.165) is 29.8 Å². The van der Waals surface area contributed by atoms with Gasteiger partial charge in [-0.05, 0) is 31.0 Å². The average Bonchev–Trinajstić information content (AvgIpc) is 3.19. The van der Waals surface area contributed by atoms with E-state index >= 15 is 0 Å². The highest BCUT2D eigenvalue weighted by atomic mass is 19.4. The standard InChI is InChI=1S/C18H21F3N4O/c1-12-14(10-23-24-12)9-22-16(11-25-7-3-6-17(25)26)13-4-2-5-15(8-13)18(19,20)21/h2,4-5,8,10,16,22H,3,6-7,9,11H2,1H3,(H,23,24). The van der Waals surface area contributed by atoms with Crippen LogP contribution in [0.25, 0.3) is 0 Å². The number of halogens is 3. The summed E-state index contributed by atoms with van der Waals surface area (Å²) in [5.74, 6) is 0.0447. The highest BCUT2D eigenvalue weighted by Crippen LogP contribution is 2.31. The third-order valence-electron chi connectivity index (χ3n) is 4.66. The molecule has 2 heterocycles. The Balaban J connectivity index is 1.82. The van der Waals surface area contributed by atoms with Crippen LogP contribution in [-0.4, -0.2) is 34.1 Å². The summed E-state index contributed by atoms with van der Waals surface area (Å²) in [6, 6.07) is 4.88. The van der Waals surface area contributed by atoms with Crippen molar-refractivity contribution in [1.82, 2.24) is 20.4 Å². The molecule has 140 valence electrons. The Morgan fingerprint density at radius 2 is 2.19 bits per heavy atom. The number of rotatable bonds is 6. The zero-order valence-electron chi connectivity index (χ0n) is 14.4. The van der Waals surface area contributed by atoms with Gasteiger partial charge >= 0.3 is 6.18 Å². The highest BCUT2D eigenvalue weighted by molar-refractivity contribution is 5.78. The lowest BCUT2D eigenvalue weighted by Crippen LogP contribution is -2.36. The summed E-state index contributed by atoms with van der Waals surface area (Å²) in [6.45, 7) is 3.32. The summed E-state index contributed by atoms with van der Waals surface area (Å²) in [7, 11) is 0. The summed E-state index contributed by atoms with van der Waals surface area (Å²) in [6.07, 6.45) is -1.43. The van der Waals surface area contributed by atoms with Crippen LogP contribution in [0.4, 0.5) is 13.2 Å². The maximum absolute atomic E-state index is 13.1. The predicted octanol–water partition coefficient (Wildman–Crippen LogP) is 3.19. The second-order valence-corrected chi connectivity index (χ2v) is 6.52. The number of carbonyl (C=O) groups is 1. The van der Waals surface area contributed by atoms with Crippen LogP contribution in [0.3, 0.4) is 0 Å². The van der Waals surface area contributed by atoms with Crippen LogP contribution in [0.1, 0.15) is 41.3 Å². The van der Waals surface area contributed by atoms with Gasteiger partial charge < -0.3 is 10.2 Å². The largest absolute Gasteiger partial charge is 0.416 e. The Bertz CT molecular complexity index is 772. The minimum absolute atomic E-state index is 0.0447. The number of carbonyl (C=O) groups excluding carboxylic acids is 1. The van der Waals surface area contributed by atoms with E-state index in [4.69, 9.17) is 0 Å². The Hall–Kier alpha value is -2.35. The molecule has 0 saturated carbocycles. The van der Waals surface area contributed by atoms with E-state index in [2.05, 4.69) is 15.5 Å². The molecule has 1 aliphatic rings. The van der Waals surface area contributed by atoms with Gasteiger partial charge in [0.15, 0.2) is 0 Å². The summed E-state index contributed by atoms with van der Waals surface area (Å²) in [4.78, 5) is 13.7. The van der Waals surface area contributed by atoms with Gasteiger partial charge in [-0.2, -0.15) is 18.3 Å². The molecule has 2 N–H and O–H groups in total. The predicted molar refractivity (Wildman–Crippen MR) is 90.2 cm³/mol. The molecule has 1 saturated heterocycles. The molecule has 1 aliphatic heterocycles. The second-order valence-electron chi connectivity index (χ2n) is 6.52. The van der Waals surface area contributed by atoms with Crippen LogP contribution in [0.5, 0.6) is 0 Å². The average molecular weight is 366 g/mol. The number of aryl methyl sites for hydroxylation is 1. The summed E-state index contributed by atoms with van der Waals surface area (Å²) < 4.78 is 39.2. The third-order valence-corrected chi connectivity index (χ3v) is 4.66. The van der Waals surface area contributed by atoms with Gasteiger partial charge in [0.25, 0.3) is 0 Å². The molecule has 0 radical (unpaired) electrons.